The lowest BCUT2D eigenvalue weighted by atomic mass is 10.1. The number of amides is 2. The van der Waals surface area contributed by atoms with Gasteiger partial charge in [-0.05, 0) is 17.3 Å². The van der Waals surface area contributed by atoms with Crippen LogP contribution in [0, 0.1) is 5.82 Å². The van der Waals surface area contributed by atoms with Crippen molar-refractivity contribution >= 4 is 12.0 Å². The van der Waals surface area contributed by atoms with Gasteiger partial charge in [0.1, 0.15) is 17.7 Å². The Morgan fingerprint density at radius 3 is 2.91 bits per heavy atom. The number of likely N-dealkylation sites (tertiary alicyclic amines) is 1. The number of tetrazole rings is 1. The Bertz CT molecular complexity index is 627. The lowest BCUT2D eigenvalue weighted by Gasteiger charge is -2.31. The quantitative estimate of drug-likeness (QED) is 0.894. The maximum atomic E-state index is 13.1. The molecule has 1 saturated heterocycles. The molecule has 9 heteroatoms. The molecule has 1 fully saturated rings. The molecule has 0 saturated carbocycles. The van der Waals surface area contributed by atoms with Gasteiger partial charge in [0.2, 0.25) is 0 Å². The first-order chi connectivity index (χ1) is 10.7. The van der Waals surface area contributed by atoms with Crippen LogP contribution in [0.15, 0.2) is 24.3 Å². The molecule has 2 heterocycles. The van der Waals surface area contributed by atoms with E-state index in [1.807, 2.05) is 0 Å². The summed E-state index contributed by atoms with van der Waals surface area (Å²) in [5.74, 6) is 0.326. The Hall–Kier alpha value is -2.71. The average molecular weight is 306 g/mol. The number of benzene rings is 1. The number of carbonyl (C=O) groups is 1. The van der Waals surface area contributed by atoms with E-state index in [4.69, 9.17) is 4.74 Å². The highest BCUT2D eigenvalue weighted by molar-refractivity contribution is 5.87. The van der Waals surface area contributed by atoms with Gasteiger partial charge in [0.15, 0.2) is 0 Å². The van der Waals surface area contributed by atoms with Crippen molar-refractivity contribution < 1.29 is 13.9 Å². The van der Waals surface area contributed by atoms with Gasteiger partial charge in [-0.15, -0.1) is 5.10 Å². The smallest absolute Gasteiger partial charge is 0.324 e. The highest BCUT2D eigenvalue weighted by atomic mass is 19.1. The highest BCUT2D eigenvalue weighted by Crippen LogP contribution is 2.20. The van der Waals surface area contributed by atoms with Gasteiger partial charge in [0.05, 0.1) is 0 Å². The zero-order chi connectivity index (χ0) is 15.4. The molecule has 0 atom stereocenters. The van der Waals surface area contributed by atoms with Crippen molar-refractivity contribution in [1.82, 2.24) is 25.5 Å². The standard InChI is InChI=1S/C13H15FN6O2/c14-9-2-1-3-11(8-9)22-10-4-6-20(7-5-10)13(21)15-12-16-18-19-17-12/h1-3,8,10H,4-7H2,(H2,15,16,17,18,19,21). The van der Waals surface area contributed by atoms with Gasteiger partial charge in [-0.25, -0.2) is 9.18 Å². The predicted octanol–water partition coefficient (Wildman–Crippen LogP) is 1.41. The minimum absolute atomic E-state index is 0.0315. The van der Waals surface area contributed by atoms with Crippen molar-refractivity contribution in [2.45, 2.75) is 18.9 Å². The lowest BCUT2D eigenvalue weighted by molar-refractivity contribution is 0.115. The van der Waals surface area contributed by atoms with E-state index in [1.54, 1.807) is 17.0 Å². The number of anilines is 1. The van der Waals surface area contributed by atoms with Gasteiger partial charge in [-0.1, -0.05) is 11.2 Å². The Balaban J connectivity index is 1.49. The van der Waals surface area contributed by atoms with Gasteiger partial charge in [0.25, 0.3) is 5.95 Å². The molecule has 116 valence electrons. The topological polar surface area (TPSA) is 96.0 Å². The van der Waals surface area contributed by atoms with Gasteiger partial charge in [-0.3, -0.25) is 5.32 Å². The monoisotopic (exact) mass is 306 g/mol. The minimum Gasteiger partial charge on any atom is -0.490 e. The second-order valence-corrected chi connectivity index (χ2v) is 4.93. The fraction of sp³-hybridized carbons (Fsp3) is 0.385. The summed E-state index contributed by atoms with van der Waals surface area (Å²) < 4.78 is 18.8. The van der Waals surface area contributed by atoms with E-state index in [0.717, 1.165) is 0 Å². The molecular formula is C13H15FN6O2. The van der Waals surface area contributed by atoms with Crippen LogP contribution >= 0.6 is 0 Å². The molecule has 0 bridgehead atoms. The predicted molar refractivity (Wildman–Crippen MR) is 74.8 cm³/mol. The van der Waals surface area contributed by atoms with E-state index in [0.29, 0.717) is 31.7 Å². The molecule has 1 aromatic carbocycles. The van der Waals surface area contributed by atoms with Crippen LogP contribution < -0.4 is 10.1 Å². The molecule has 3 rings (SSSR count). The van der Waals surface area contributed by atoms with Crippen LogP contribution in [0.2, 0.25) is 0 Å². The van der Waals surface area contributed by atoms with E-state index in [9.17, 15) is 9.18 Å². The molecule has 0 spiro atoms. The van der Waals surface area contributed by atoms with Gasteiger partial charge < -0.3 is 9.64 Å². The largest absolute Gasteiger partial charge is 0.490 e. The van der Waals surface area contributed by atoms with E-state index in [-0.39, 0.29) is 23.9 Å². The lowest BCUT2D eigenvalue weighted by Crippen LogP contribution is -2.43. The number of hydrogen-bond donors (Lipinski definition) is 2. The number of aromatic nitrogens is 4. The number of nitrogens with one attached hydrogen (secondary N) is 2. The molecule has 1 aromatic heterocycles. The second kappa shape index (κ2) is 6.37. The molecule has 0 unspecified atom stereocenters. The number of aromatic amines is 1. The van der Waals surface area contributed by atoms with Crippen LogP contribution in [0.25, 0.3) is 0 Å². The van der Waals surface area contributed by atoms with E-state index >= 15 is 0 Å². The SMILES string of the molecule is O=C(Nc1nn[nH]n1)N1CCC(Oc2cccc(F)c2)CC1. The molecule has 1 aliphatic rings. The molecule has 8 nitrogen and oxygen atoms in total. The number of hydrogen-bond acceptors (Lipinski definition) is 5. The molecular weight excluding hydrogens is 291 g/mol. The Kier molecular flexibility index (Phi) is 4.12. The molecule has 0 aliphatic carbocycles. The van der Waals surface area contributed by atoms with E-state index in [1.165, 1.54) is 12.1 Å². The molecule has 2 N–H and O–H groups in total. The molecule has 22 heavy (non-hydrogen) atoms. The number of carbonyl (C=O) groups excluding carboxylic acids is 1. The van der Waals surface area contributed by atoms with Crippen LogP contribution in [0.4, 0.5) is 15.1 Å². The van der Waals surface area contributed by atoms with Crippen LogP contribution in [-0.4, -0.2) is 50.7 Å². The zero-order valence-electron chi connectivity index (χ0n) is 11.7. The normalized spacial score (nSPS) is 15.6. The van der Waals surface area contributed by atoms with Crippen molar-refractivity contribution in [2.24, 2.45) is 0 Å². The molecule has 2 amide bonds. The van der Waals surface area contributed by atoms with Crippen LogP contribution in [0.3, 0.4) is 0 Å². The van der Waals surface area contributed by atoms with Crippen molar-refractivity contribution in [3.05, 3.63) is 30.1 Å². The maximum absolute atomic E-state index is 13.1. The third-order valence-corrected chi connectivity index (χ3v) is 3.39. The summed E-state index contributed by atoms with van der Waals surface area (Å²) in [6.45, 7) is 1.09. The number of piperidine rings is 1. The first-order valence-corrected chi connectivity index (χ1v) is 6.92. The van der Waals surface area contributed by atoms with Crippen molar-refractivity contribution in [3.8, 4) is 5.75 Å². The Labute approximate surface area is 125 Å². The van der Waals surface area contributed by atoms with E-state index in [2.05, 4.69) is 25.9 Å². The number of rotatable bonds is 3. The highest BCUT2D eigenvalue weighted by Gasteiger charge is 2.24. The number of nitrogens with zero attached hydrogens (tertiary/aromatic N) is 4. The van der Waals surface area contributed by atoms with Crippen molar-refractivity contribution in [3.63, 3.8) is 0 Å². The number of urea groups is 1. The fourth-order valence-corrected chi connectivity index (χ4v) is 2.30. The summed E-state index contributed by atoms with van der Waals surface area (Å²) in [5.41, 5.74) is 0. The van der Waals surface area contributed by atoms with Gasteiger partial charge in [-0.2, -0.15) is 5.21 Å². The molecule has 0 radical (unpaired) electrons. The van der Waals surface area contributed by atoms with Gasteiger partial charge in [0, 0.05) is 32.0 Å². The first-order valence-electron chi connectivity index (χ1n) is 6.92. The third-order valence-electron chi connectivity index (χ3n) is 3.39. The Morgan fingerprint density at radius 1 is 1.41 bits per heavy atom. The summed E-state index contributed by atoms with van der Waals surface area (Å²) in [4.78, 5) is 13.6. The van der Waals surface area contributed by atoms with E-state index < -0.39 is 0 Å². The second-order valence-electron chi connectivity index (χ2n) is 4.93. The first kappa shape index (κ1) is 14.2. The molecule has 2 aromatic rings. The molecule has 1 aliphatic heterocycles. The van der Waals surface area contributed by atoms with Crippen LogP contribution in [0.1, 0.15) is 12.8 Å². The Morgan fingerprint density at radius 2 is 2.23 bits per heavy atom. The summed E-state index contributed by atoms with van der Waals surface area (Å²) in [6.07, 6.45) is 1.32. The van der Waals surface area contributed by atoms with Crippen molar-refractivity contribution in [2.75, 3.05) is 18.4 Å². The van der Waals surface area contributed by atoms with Gasteiger partial charge >= 0.3 is 6.03 Å². The summed E-state index contributed by atoms with van der Waals surface area (Å²) in [5, 5.41) is 15.5. The number of H-pyrrole nitrogens is 1. The average Bonchev–Trinajstić information content (AvgIpc) is 3.01. The number of halogens is 1. The fourth-order valence-electron chi connectivity index (χ4n) is 2.30. The van der Waals surface area contributed by atoms with Crippen LogP contribution in [0.5, 0.6) is 5.75 Å². The van der Waals surface area contributed by atoms with Crippen LogP contribution in [-0.2, 0) is 0 Å². The van der Waals surface area contributed by atoms with Crippen molar-refractivity contribution in [1.29, 1.82) is 0 Å². The number of ether oxygens (including phenoxy) is 1. The summed E-state index contributed by atoms with van der Waals surface area (Å²) in [6, 6.07) is 5.79. The summed E-state index contributed by atoms with van der Waals surface area (Å²) in [7, 11) is 0. The zero-order valence-corrected chi connectivity index (χ0v) is 11.7. The summed E-state index contributed by atoms with van der Waals surface area (Å²) >= 11 is 0. The maximum Gasteiger partial charge on any atom is 0.324 e. The minimum atomic E-state index is -0.325. The third kappa shape index (κ3) is 3.48.